The van der Waals surface area contributed by atoms with E-state index in [9.17, 15) is 14.4 Å². The van der Waals surface area contributed by atoms with Gasteiger partial charge >= 0.3 is 5.97 Å². The first kappa shape index (κ1) is 22.8. The number of fused-ring (bicyclic) bond motifs is 1. The van der Waals surface area contributed by atoms with E-state index in [1.54, 1.807) is 43.5 Å². The third kappa shape index (κ3) is 3.68. The Labute approximate surface area is 203 Å². The van der Waals surface area contributed by atoms with Gasteiger partial charge in [0.05, 0.1) is 31.7 Å². The number of nitrogens with one attached hydrogen (secondary N) is 1. The summed E-state index contributed by atoms with van der Waals surface area (Å²) < 4.78 is 10.5. The van der Waals surface area contributed by atoms with Gasteiger partial charge in [-0.15, -0.1) is 0 Å². The number of benzene rings is 3. The van der Waals surface area contributed by atoms with Crippen LogP contribution >= 0.6 is 0 Å². The van der Waals surface area contributed by atoms with Crippen molar-refractivity contribution in [2.75, 3.05) is 19.1 Å². The lowest BCUT2D eigenvalue weighted by Crippen LogP contribution is -2.57. The first-order valence-electron chi connectivity index (χ1n) is 11.5. The monoisotopic (exact) mass is 470 g/mol. The minimum absolute atomic E-state index is 0.204. The number of carbonyl (C=O) groups excluding carboxylic acids is 3. The molecule has 0 aliphatic carbocycles. The van der Waals surface area contributed by atoms with E-state index in [4.69, 9.17) is 9.47 Å². The number of methoxy groups -OCH3 is 2. The molecular weight excluding hydrogens is 444 g/mol. The summed E-state index contributed by atoms with van der Waals surface area (Å²) in [5.41, 5.74) is 0.722. The minimum atomic E-state index is -1.42. The quantitative estimate of drug-likeness (QED) is 0.440. The normalized spacial score (nSPS) is 25.4. The van der Waals surface area contributed by atoms with Gasteiger partial charge in [0.1, 0.15) is 11.3 Å². The summed E-state index contributed by atoms with van der Waals surface area (Å²) >= 11 is 0. The Balaban J connectivity index is 1.66. The van der Waals surface area contributed by atoms with Crippen LogP contribution in [0, 0.1) is 11.8 Å². The zero-order valence-corrected chi connectivity index (χ0v) is 19.5. The maximum Gasteiger partial charge on any atom is 0.327 e. The minimum Gasteiger partial charge on any atom is -0.497 e. The average molecular weight is 471 g/mol. The maximum absolute atomic E-state index is 13.9. The molecule has 0 saturated carbocycles. The molecule has 0 spiro atoms. The van der Waals surface area contributed by atoms with Crippen molar-refractivity contribution < 1.29 is 23.9 Å². The number of hydrogen-bond acceptors (Lipinski definition) is 6. The van der Waals surface area contributed by atoms with Gasteiger partial charge in [-0.3, -0.25) is 19.7 Å². The van der Waals surface area contributed by atoms with E-state index in [0.717, 1.165) is 11.1 Å². The van der Waals surface area contributed by atoms with Crippen molar-refractivity contribution in [2.45, 2.75) is 18.0 Å². The van der Waals surface area contributed by atoms with Gasteiger partial charge in [0.2, 0.25) is 11.8 Å². The standard InChI is InChI=1S/C28H26N2O5/c1-34-21-15-13-19(14-16-21)24-22-23(26(32)30(25(22)31)20-11-7-4-8-12-20)28(29-24,27(33)35-2)17-18-9-5-3-6-10-18/h3-16,22-24,29H,17H2,1-2H3/t22-,23-,24+,28+/m1/s1. The van der Waals surface area contributed by atoms with E-state index < -0.39 is 35.3 Å². The van der Waals surface area contributed by atoms with Gasteiger partial charge in [-0.2, -0.15) is 0 Å². The first-order chi connectivity index (χ1) is 17.0. The number of amides is 2. The van der Waals surface area contributed by atoms with Crippen LogP contribution in [-0.4, -0.2) is 37.5 Å². The van der Waals surface area contributed by atoms with E-state index in [1.807, 2.05) is 48.5 Å². The molecule has 0 radical (unpaired) electrons. The number of rotatable bonds is 6. The number of para-hydroxylation sites is 1. The Kier molecular flexibility index (Phi) is 5.86. The van der Waals surface area contributed by atoms with Crippen LogP contribution in [0.5, 0.6) is 5.75 Å². The number of anilines is 1. The molecule has 2 heterocycles. The van der Waals surface area contributed by atoms with Gasteiger partial charge in [0.15, 0.2) is 0 Å². The molecule has 2 amide bonds. The van der Waals surface area contributed by atoms with E-state index in [-0.39, 0.29) is 12.3 Å². The predicted octanol–water partition coefficient (Wildman–Crippen LogP) is 3.30. The average Bonchev–Trinajstić information content (AvgIpc) is 3.38. The SMILES string of the molecule is COC(=O)[C@@]1(Cc2ccccc2)N[C@@H](c2ccc(OC)cc2)[C@@H]2C(=O)N(c3ccccc3)C(=O)[C@@H]21. The second kappa shape index (κ2) is 9.00. The second-order valence-corrected chi connectivity index (χ2v) is 8.87. The third-order valence-electron chi connectivity index (χ3n) is 7.02. The van der Waals surface area contributed by atoms with Crippen LogP contribution in [0.1, 0.15) is 17.2 Å². The third-order valence-corrected chi connectivity index (χ3v) is 7.02. The number of hydrogen-bond donors (Lipinski definition) is 1. The molecule has 2 aliphatic heterocycles. The molecule has 1 N–H and O–H groups in total. The van der Waals surface area contributed by atoms with Crippen LogP contribution in [0.4, 0.5) is 5.69 Å². The summed E-state index contributed by atoms with van der Waals surface area (Å²) in [6.07, 6.45) is 0.204. The Hall–Kier alpha value is -3.97. The molecule has 0 aromatic heterocycles. The molecule has 7 nitrogen and oxygen atoms in total. The molecule has 0 unspecified atom stereocenters. The molecule has 3 aromatic rings. The molecule has 178 valence electrons. The zero-order chi connectivity index (χ0) is 24.6. The van der Waals surface area contributed by atoms with Crippen molar-refractivity contribution in [3.63, 3.8) is 0 Å². The van der Waals surface area contributed by atoms with Gasteiger partial charge in [-0.25, -0.2) is 4.90 Å². The predicted molar refractivity (Wildman–Crippen MR) is 130 cm³/mol. The molecule has 7 heteroatoms. The summed E-state index contributed by atoms with van der Waals surface area (Å²) in [5.74, 6) is -2.35. The molecule has 5 rings (SSSR count). The number of imide groups is 1. The summed E-state index contributed by atoms with van der Waals surface area (Å²) in [5, 5.41) is 3.41. The van der Waals surface area contributed by atoms with Crippen molar-refractivity contribution in [1.29, 1.82) is 0 Å². The lowest BCUT2D eigenvalue weighted by Gasteiger charge is -2.32. The van der Waals surface area contributed by atoms with Crippen LogP contribution in [0.25, 0.3) is 0 Å². The fourth-order valence-electron chi connectivity index (χ4n) is 5.45. The summed E-state index contributed by atoms with van der Waals surface area (Å²) in [7, 11) is 2.89. The molecule has 4 atom stereocenters. The number of nitrogens with zero attached hydrogens (tertiary/aromatic N) is 1. The lowest BCUT2D eigenvalue weighted by molar-refractivity contribution is -0.152. The maximum atomic E-state index is 13.9. The lowest BCUT2D eigenvalue weighted by atomic mass is 9.76. The number of ether oxygens (including phenoxy) is 2. The Bertz CT molecular complexity index is 1250. The van der Waals surface area contributed by atoms with E-state index in [1.165, 1.54) is 12.0 Å². The van der Waals surface area contributed by atoms with Gasteiger partial charge in [-0.1, -0.05) is 60.7 Å². The topological polar surface area (TPSA) is 84.9 Å². The van der Waals surface area contributed by atoms with Gasteiger partial charge < -0.3 is 9.47 Å². The largest absolute Gasteiger partial charge is 0.497 e. The molecule has 2 fully saturated rings. The van der Waals surface area contributed by atoms with Crippen LogP contribution in [0.2, 0.25) is 0 Å². The van der Waals surface area contributed by atoms with Crippen LogP contribution in [0.3, 0.4) is 0 Å². The Morgan fingerprint density at radius 3 is 2.11 bits per heavy atom. The van der Waals surface area contributed by atoms with Crippen molar-refractivity contribution >= 4 is 23.5 Å². The van der Waals surface area contributed by atoms with Crippen molar-refractivity contribution in [3.8, 4) is 5.75 Å². The van der Waals surface area contributed by atoms with E-state index in [0.29, 0.717) is 11.4 Å². The molecule has 2 saturated heterocycles. The van der Waals surface area contributed by atoms with Crippen LogP contribution < -0.4 is 15.0 Å². The van der Waals surface area contributed by atoms with Crippen LogP contribution in [0.15, 0.2) is 84.9 Å². The smallest absolute Gasteiger partial charge is 0.327 e. The summed E-state index contributed by atoms with van der Waals surface area (Å²) in [6.45, 7) is 0. The van der Waals surface area contributed by atoms with E-state index in [2.05, 4.69) is 5.32 Å². The highest BCUT2D eigenvalue weighted by Gasteiger charge is 2.68. The Morgan fingerprint density at radius 2 is 1.51 bits per heavy atom. The fourth-order valence-corrected chi connectivity index (χ4v) is 5.45. The molecule has 2 aliphatic rings. The molecule has 35 heavy (non-hydrogen) atoms. The van der Waals surface area contributed by atoms with Crippen molar-refractivity contribution in [2.24, 2.45) is 11.8 Å². The number of esters is 1. The highest BCUT2D eigenvalue weighted by atomic mass is 16.5. The zero-order valence-electron chi connectivity index (χ0n) is 19.5. The first-order valence-corrected chi connectivity index (χ1v) is 11.5. The van der Waals surface area contributed by atoms with Crippen molar-refractivity contribution in [1.82, 2.24) is 5.32 Å². The Morgan fingerprint density at radius 1 is 0.886 bits per heavy atom. The highest BCUT2D eigenvalue weighted by Crippen LogP contribution is 2.51. The van der Waals surface area contributed by atoms with E-state index >= 15 is 0 Å². The summed E-state index contributed by atoms with van der Waals surface area (Å²) in [4.78, 5) is 42.5. The second-order valence-electron chi connectivity index (χ2n) is 8.87. The fraction of sp³-hybridized carbons (Fsp3) is 0.250. The van der Waals surface area contributed by atoms with Gasteiger partial charge in [0, 0.05) is 12.5 Å². The van der Waals surface area contributed by atoms with Crippen LogP contribution in [-0.2, 0) is 25.5 Å². The van der Waals surface area contributed by atoms with Gasteiger partial charge in [0.25, 0.3) is 0 Å². The highest BCUT2D eigenvalue weighted by molar-refractivity contribution is 6.24. The molecule has 0 bridgehead atoms. The molecular formula is C28H26N2O5. The van der Waals surface area contributed by atoms with Gasteiger partial charge in [-0.05, 0) is 35.4 Å². The molecule has 3 aromatic carbocycles. The van der Waals surface area contributed by atoms with Crippen molar-refractivity contribution in [3.05, 3.63) is 96.1 Å². The summed E-state index contributed by atoms with van der Waals surface area (Å²) in [6, 6.07) is 25.0. The number of carbonyl (C=O) groups is 3.